The first-order valence-electron chi connectivity index (χ1n) is 5.24. The first-order chi connectivity index (χ1) is 7.69. The van der Waals surface area contributed by atoms with Gasteiger partial charge in [0.05, 0.1) is 17.3 Å². The second-order valence-corrected chi connectivity index (χ2v) is 3.66. The summed E-state index contributed by atoms with van der Waals surface area (Å²) >= 11 is 0. The van der Waals surface area contributed by atoms with Crippen molar-refractivity contribution in [3.8, 4) is 6.07 Å². The number of nitrogens with one attached hydrogen (secondary N) is 1. The number of halogens is 1. The number of hydrogen-bond acceptors (Lipinski definition) is 3. The van der Waals surface area contributed by atoms with Crippen molar-refractivity contribution in [2.45, 2.75) is 6.42 Å². The summed E-state index contributed by atoms with van der Waals surface area (Å²) in [6.07, 6.45) is 0.951. The quantitative estimate of drug-likeness (QED) is 0.770. The van der Waals surface area contributed by atoms with Gasteiger partial charge in [0.1, 0.15) is 5.82 Å². The summed E-state index contributed by atoms with van der Waals surface area (Å²) in [4.78, 5) is 1.85. The maximum absolute atomic E-state index is 13.6. The molecule has 0 amide bonds. The summed E-state index contributed by atoms with van der Waals surface area (Å²) in [7, 11) is 3.74. The van der Waals surface area contributed by atoms with Crippen LogP contribution >= 0.6 is 0 Å². The predicted molar refractivity (Wildman–Crippen MR) is 62.9 cm³/mol. The molecule has 0 saturated heterocycles. The van der Waals surface area contributed by atoms with Gasteiger partial charge >= 0.3 is 0 Å². The highest BCUT2D eigenvalue weighted by Crippen LogP contribution is 2.19. The molecule has 86 valence electrons. The Morgan fingerprint density at radius 2 is 2.25 bits per heavy atom. The lowest BCUT2D eigenvalue weighted by atomic mass is 10.2. The summed E-state index contributed by atoms with van der Waals surface area (Å²) in [6.45, 7) is 1.69. The van der Waals surface area contributed by atoms with Crippen LogP contribution in [0.3, 0.4) is 0 Å². The molecule has 0 aliphatic carbocycles. The average molecular weight is 221 g/mol. The SMILES string of the molecule is CNCCCN(C)c1ccc(C#N)cc1F. The van der Waals surface area contributed by atoms with Crippen molar-refractivity contribution < 1.29 is 4.39 Å². The first kappa shape index (κ1) is 12.5. The Hall–Kier alpha value is -1.60. The number of nitrogens with zero attached hydrogens (tertiary/aromatic N) is 2. The Kier molecular flexibility index (Phi) is 4.74. The molecule has 1 rings (SSSR count). The van der Waals surface area contributed by atoms with Crippen LogP contribution in [0, 0.1) is 17.1 Å². The summed E-state index contributed by atoms with van der Waals surface area (Å²) in [5.41, 5.74) is 0.889. The summed E-state index contributed by atoms with van der Waals surface area (Å²) in [5.74, 6) is -0.342. The van der Waals surface area contributed by atoms with Crippen LogP contribution in [-0.4, -0.2) is 27.2 Å². The molecule has 0 spiro atoms. The van der Waals surface area contributed by atoms with E-state index < -0.39 is 0 Å². The fourth-order valence-electron chi connectivity index (χ4n) is 1.50. The maximum Gasteiger partial charge on any atom is 0.147 e. The van der Waals surface area contributed by atoms with Gasteiger partial charge in [-0.15, -0.1) is 0 Å². The summed E-state index contributed by atoms with van der Waals surface area (Å²) < 4.78 is 13.6. The summed E-state index contributed by atoms with van der Waals surface area (Å²) in [6, 6.07) is 6.46. The van der Waals surface area contributed by atoms with Gasteiger partial charge < -0.3 is 10.2 Å². The fraction of sp³-hybridized carbons (Fsp3) is 0.417. The largest absolute Gasteiger partial charge is 0.372 e. The van der Waals surface area contributed by atoms with Crippen molar-refractivity contribution in [3.05, 3.63) is 29.6 Å². The van der Waals surface area contributed by atoms with E-state index in [4.69, 9.17) is 5.26 Å². The zero-order valence-electron chi connectivity index (χ0n) is 9.63. The number of nitriles is 1. The Morgan fingerprint density at radius 3 is 2.81 bits per heavy atom. The molecule has 1 aromatic rings. The molecule has 0 aliphatic heterocycles. The van der Waals surface area contributed by atoms with Crippen LogP contribution in [-0.2, 0) is 0 Å². The minimum absolute atomic E-state index is 0.342. The van der Waals surface area contributed by atoms with Crippen LogP contribution in [0.15, 0.2) is 18.2 Å². The lowest BCUT2D eigenvalue weighted by Crippen LogP contribution is -2.23. The Bertz CT molecular complexity index is 384. The topological polar surface area (TPSA) is 39.1 Å². The van der Waals surface area contributed by atoms with E-state index in [-0.39, 0.29) is 5.82 Å². The average Bonchev–Trinajstić information content (AvgIpc) is 2.29. The number of hydrogen-bond donors (Lipinski definition) is 1. The van der Waals surface area contributed by atoms with Crippen LogP contribution in [0.25, 0.3) is 0 Å². The maximum atomic E-state index is 13.6. The summed E-state index contributed by atoms with van der Waals surface area (Å²) in [5, 5.41) is 11.7. The van der Waals surface area contributed by atoms with Crippen molar-refractivity contribution in [3.63, 3.8) is 0 Å². The molecule has 0 atom stereocenters. The second-order valence-electron chi connectivity index (χ2n) is 3.66. The molecule has 4 heteroatoms. The van der Waals surface area contributed by atoms with Gasteiger partial charge in [0.25, 0.3) is 0 Å². The van der Waals surface area contributed by atoms with Crippen LogP contribution in [0.1, 0.15) is 12.0 Å². The van der Waals surface area contributed by atoms with Crippen molar-refractivity contribution >= 4 is 5.69 Å². The lowest BCUT2D eigenvalue weighted by Gasteiger charge is -2.19. The van der Waals surface area contributed by atoms with E-state index in [1.807, 2.05) is 25.1 Å². The Morgan fingerprint density at radius 1 is 1.50 bits per heavy atom. The van der Waals surface area contributed by atoms with Crippen molar-refractivity contribution in [1.82, 2.24) is 5.32 Å². The Balaban J connectivity index is 2.69. The molecule has 0 aromatic heterocycles. The molecule has 3 nitrogen and oxygen atoms in total. The molecular formula is C12H16FN3. The van der Waals surface area contributed by atoms with Gasteiger partial charge in [-0.1, -0.05) is 0 Å². The van der Waals surface area contributed by atoms with Crippen LogP contribution in [0.2, 0.25) is 0 Å². The molecule has 0 heterocycles. The molecule has 0 radical (unpaired) electrons. The van der Waals surface area contributed by atoms with Gasteiger partial charge in [-0.3, -0.25) is 0 Å². The molecule has 1 aromatic carbocycles. The van der Waals surface area contributed by atoms with Crippen LogP contribution < -0.4 is 10.2 Å². The van der Waals surface area contributed by atoms with E-state index in [1.54, 1.807) is 12.1 Å². The smallest absolute Gasteiger partial charge is 0.147 e. The standard InChI is InChI=1S/C12H16FN3/c1-15-6-3-7-16(2)12-5-4-10(9-14)8-11(12)13/h4-5,8,15H,3,6-7H2,1-2H3. The molecule has 0 saturated carbocycles. The van der Waals surface area contributed by atoms with Crippen LogP contribution in [0.5, 0.6) is 0 Å². The van der Waals surface area contributed by atoms with Gasteiger partial charge in [0.15, 0.2) is 0 Å². The third-order valence-electron chi connectivity index (χ3n) is 2.41. The molecule has 16 heavy (non-hydrogen) atoms. The zero-order valence-corrected chi connectivity index (χ0v) is 9.63. The fourth-order valence-corrected chi connectivity index (χ4v) is 1.50. The van der Waals surface area contributed by atoms with E-state index in [0.717, 1.165) is 19.5 Å². The predicted octanol–water partition coefficient (Wildman–Crippen LogP) is 1.74. The Labute approximate surface area is 95.5 Å². The van der Waals surface area contributed by atoms with Crippen LogP contribution in [0.4, 0.5) is 10.1 Å². The normalized spacial score (nSPS) is 9.88. The zero-order chi connectivity index (χ0) is 12.0. The molecular weight excluding hydrogens is 205 g/mol. The molecule has 0 aliphatic rings. The third kappa shape index (κ3) is 3.21. The first-order valence-corrected chi connectivity index (χ1v) is 5.24. The molecule has 1 N–H and O–H groups in total. The highest BCUT2D eigenvalue weighted by Gasteiger charge is 2.07. The monoisotopic (exact) mass is 221 g/mol. The third-order valence-corrected chi connectivity index (χ3v) is 2.41. The van der Waals surface area contributed by atoms with Gasteiger partial charge in [0.2, 0.25) is 0 Å². The lowest BCUT2D eigenvalue weighted by molar-refractivity contribution is 0.618. The van der Waals surface area contributed by atoms with Gasteiger partial charge in [-0.2, -0.15) is 5.26 Å². The highest BCUT2D eigenvalue weighted by atomic mass is 19.1. The number of rotatable bonds is 5. The van der Waals surface area contributed by atoms with Gasteiger partial charge in [-0.25, -0.2) is 4.39 Å². The second kappa shape index (κ2) is 6.09. The van der Waals surface area contributed by atoms with E-state index in [9.17, 15) is 4.39 Å². The molecule has 0 bridgehead atoms. The molecule has 0 unspecified atom stereocenters. The van der Waals surface area contributed by atoms with Crippen molar-refractivity contribution in [2.24, 2.45) is 0 Å². The van der Waals surface area contributed by atoms with Crippen molar-refractivity contribution in [2.75, 3.05) is 32.1 Å². The minimum Gasteiger partial charge on any atom is -0.372 e. The van der Waals surface area contributed by atoms with E-state index in [2.05, 4.69) is 5.32 Å². The molecule has 0 fully saturated rings. The van der Waals surface area contributed by atoms with Crippen molar-refractivity contribution in [1.29, 1.82) is 5.26 Å². The van der Waals surface area contributed by atoms with E-state index in [1.165, 1.54) is 6.07 Å². The highest BCUT2D eigenvalue weighted by molar-refractivity contribution is 5.50. The van der Waals surface area contributed by atoms with Gasteiger partial charge in [0, 0.05) is 13.6 Å². The van der Waals surface area contributed by atoms with E-state index in [0.29, 0.717) is 11.3 Å². The number of anilines is 1. The number of benzene rings is 1. The minimum atomic E-state index is -0.342. The van der Waals surface area contributed by atoms with E-state index >= 15 is 0 Å². The van der Waals surface area contributed by atoms with Gasteiger partial charge in [-0.05, 0) is 38.2 Å².